The monoisotopic (exact) mass is 359 g/mol. The molecule has 3 aromatic rings. The first-order chi connectivity index (χ1) is 12.1. The van der Waals surface area contributed by atoms with Gasteiger partial charge in [-0.25, -0.2) is 0 Å². The molecule has 0 aliphatic carbocycles. The summed E-state index contributed by atoms with van der Waals surface area (Å²) in [6.07, 6.45) is 0. The predicted molar refractivity (Wildman–Crippen MR) is 93.2 cm³/mol. The third kappa shape index (κ3) is 2.95. The highest BCUT2D eigenvalue weighted by atomic mass is 35.5. The third-order valence-corrected chi connectivity index (χ3v) is 4.79. The van der Waals surface area contributed by atoms with Crippen LogP contribution in [-0.2, 0) is 0 Å². The molecule has 3 heterocycles. The van der Waals surface area contributed by atoms with E-state index in [1.807, 2.05) is 31.2 Å². The minimum Gasteiger partial charge on any atom is -0.360 e. The van der Waals surface area contributed by atoms with Crippen LogP contribution in [0.2, 0.25) is 5.02 Å². The number of nitrogens with zero attached hydrogens (tertiary/aromatic N) is 4. The second-order valence-electron chi connectivity index (χ2n) is 6.10. The standard InChI is InChI=1S/C17H18ClN5O2/c1-10-14(15(21-24-10)11-5-3-4-6-12(11)18)17-20-16(22-25-17)13-9-19-7-8-23(13)2/h3-6,13,19H,7-9H2,1-2H3. The summed E-state index contributed by atoms with van der Waals surface area (Å²) >= 11 is 6.31. The number of benzene rings is 1. The van der Waals surface area contributed by atoms with Crippen LogP contribution >= 0.6 is 11.6 Å². The minimum absolute atomic E-state index is 0.0789. The number of nitrogens with one attached hydrogen (secondary N) is 1. The molecule has 25 heavy (non-hydrogen) atoms. The molecular formula is C17H18ClN5O2. The Balaban J connectivity index is 1.74. The summed E-state index contributed by atoms with van der Waals surface area (Å²) in [5, 5.41) is 12.3. The second-order valence-corrected chi connectivity index (χ2v) is 6.51. The number of likely N-dealkylation sites (N-methyl/N-ethyl adjacent to an activating group) is 1. The SMILES string of the molecule is Cc1onc(-c2ccccc2Cl)c1-c1nc(C2CNCCN2C)no1. The number of hydrogen-bond donors (Lipinski definition) is 1. The average Bonchev–Trinajstić information content (AvgIpc) is 3.22. The number of hydrogen-bond acceptors (Lipinski definition) is 7. The Labute approximate surface area is 149 Å². The Morgan fingerprint density at radius 3 is 2.88 bits per heavy atom. The number of halogens is 1. The van der Waals surface area contributed by atoms with Crippen molar-refractivity contribution in [2.24, 2.45) is 0 Å². The zero-order chi connectivity index (χ0) is 17.4. The summed E-state index contributed by atoms with van der Waals surface area (Å²) in [5.41, 5.74) is 2.05. The molecule has 4 rings (SSSR count). The van der Waals surface area contributed by atoms with Crippen LogP contribution < -0.4 is 5.32 Å². The molecule has 0 amide bonds. The van der Waals surface area contributed by atoms with Gasteiger partial charge < -0.3 is 14.4 Å². The van der Waals surface area contributed by atoms with E-state index in [1.54, 1.807) is 0 Å². The van der Waals surface area contributed by atoms with Gasteiger partial charge in [-0.3, -0.25) is 4.90 Å². The van der Waals surface area contributed by atoms with Gasteiger partial charge in [-0.05, 0) is 20.0 Å². The van der Waals surface area contributed by atoms with E-state index in [9.17, 15) is 0 Å². The van der Waals surface area contributed by atoms with Gasteiger partial charge in [0, 0.05) is 25.2 Å². The first-order valence-electron chi connectivity index (χ1n) is 8.11. The lowest BCUT2D eigenvalue weighted by atomic mass is 10.1. The molecule has 1 aliphatic rings. The Bertz CT molecular complexity index is 891. The molecule has 1 atom stereocenters. The van der Waals surface area contributed by atoms with E-state index in [1.165, 1.54) is 0 Å². The predicted octanol–water partition coefficient (Wildman–Crippen LogP) is 2.93. The molecule has 0 saturated carbocycles. The fraction of sp³-hybridized carbons (Fsp3) is 0.353. The lowest BCUT2D eigenvalue weighted by Crippen LogP contribution is -2.44. The minimum atomic E-state index is 0.0789. The smallest absolute Gasteiger partial charge is 0.263 e. The molecule has 8 heteroatoms. The Hall–Kier alpha value is -2.22. The summed E-state index contributed by atoms with van der Waals surface area (Å²) in [7, 11) is 2.06. The van der Waals surface area contributed by atoms with Crippen molar-refractivity contribution in [2.75, 3.05) is 26.7 Å². The van der Waals surface area contributed by atoms with Crippen LogP contribution in [0.3, 0.4) is 0 Å². The van der Waals surface area contributed by atoms with E-state index in [-0.39, 0.29) is 6.04 Å². The van der Waals surface area contributed by atoms with Gasteiger partial charge in [0.25, 0.3) is 5.89 Å². The molecule has 1 unspecified atom stereocenters. The molecule has 0 spiro atoms. The summed E-state index contributed by atoms with van der Waals surface area (Å²) in [4.78, 5) is 6.81. The van der Waals surface area contributed by atoms with Crippen molar-refractivity contribution in [1.82, 2.24) is 25.5 Å². The molecule has 1 saturated heterocycles. The molecule has 1 aliphatic heterocycles. The first kappa shape index (κ1) is 16.3. The fourth-order valence-corrected chi connectivity index (χ4v) is 3.25. The van der Waals surface area contributed by atoms with Gasteiger partial charge in [0.1, 0.15) is 17.0 Å². The van der Waals surface area contributed by atoms with Crippen LogP contribution in [0.1, 0.15) is 17.6 Å². The van der Waals surface area contributed by atoms with E-state index >= 15 is 0 Å². The third-order valence-electron chi connectivity index (χ3n) is 4.46. The first-order valence-corrected chi connectivity index (χ1v) is 8.49. The van der Waals surface area contributed by atoms with Gasteiger partial charge >= 0.3 is 0 Å². The zero-order valence-corrected chi connectivity index (χ0v) is 14.7. The van der Waals surface area contributed by atoms with Gasteiger partial charge in [-0.1, -0.05) is 40.1 Å². The largest absolute Gasteiger partial charge is 0.360 e. The Morgan fingerprint density at radius 1 is 1.24 bits per heavy atom. The molecule has 1 N–H and O–H groups in total. The normalized spacial score (nSPS) is 18.6. The van der Waals surface area contributed by atoms with E-state index in [0.717, 1.165) is 25.2 Å². The van der Waals surface area contributed by atoms with Crippen molar-refractivity contribution in [3.8, 4) is 22.7 Å². The van der Waals surface area contributed by atoms with Crippen molar-refractivity contribution in [3.05, 3.63) is 40.9 Å². The average molecular weight is 360 g/mol. The summed E-state index contributed by atoms with van der Waals surface area (Å²) in [6, 6.07) is 7.55. The van der Waals surface area contributed by atoms with E-state index in [0.29, 0.717) is 33.8 Å². The molecular weight excluding hydrogens is 342 g/mol. The van der Waals surface area contributed by atoms with Crippen molar-refractivity contribution >= 4 is 11.6 Å². The quantitative estimate of drug-likeness (QED) is 0.770. The van der Waals surface area contributed by atoms with E-state index in [2.05, 4.69) is 32.6 Å². The van der Waals surface area contributed by atoms with Crippen LogP contribution in [-0.4, -0.2) is 46.9 Å². The summed E-state index contributed by atoms with van der Waals surface area (Å²) < 4.78 is 10.9. The van der Waals surface area contributed by atoms with Gasteiger partial charge in [0.05, 0.1) is 11.1 Å². The molecule has 0 bridgehead atoms. The maximum atomic E-state index is 6.31. The Kier molecular flexibility index (Phi) is 4.29. The maximum absolute atomic E-state index is 6.31. The lowest BCUT2D eigenvalue weighted by Gasteiger charge is -2.30. The highest BCUT2D eigenvalue weighted by Crippen LogP contribution is 2.37. The van der Waals surface area contributed by atoms with Crippen molar-refractivity contribution < 1.29 is 9.05 Å². The van der Waals surface area contributed by atoms with Gasteiger partial charge in [0.15, 0.2) is 5.82 Å². The van der Waals surface area contributed by atoms with Gasteiger partial charge in [0.2, 0.25) is 0 Å². The lowest BCUT2D eigenvalue weighted by molar-refractivity contribution is 0.190. The number of aromatic nitrogens is 3. The van der Waals surface area contributed by atoms with Gasteiger partial charge in [-0.15, -0.1) is 0 Å². The number of piperazine rings is 1. The molecule has 1 aromatic carbocycles. The Morgan fingerprint density at radius 2 is 2.08 bits per heavy atom. The van der Waals surface area contributed by atoms with Gasteiger partial charge in [-0.2, -0.15) is 4.98 Å². The number of rotatable bonds is 3. The topological polar surface area (TPSA) is 80.2 Å². The van der Waals surface area contributed by atoms with E-state index in [4.69, 9.17) is 20.6 Å². The highest BCUT2D eigenvalue weighted by Gasteiger charge is 2.28. The van der Waals surface area contributed by atoms with E-state index < -0.39 is 0 Å². The molecule has 1 fully saturated rings. The van der Waals surface area contributed by atoms with Crippen molar-refractivity contribution in [2.45, 2.75) is 13.0 Å². The van der Waals surface area contributed by atoms with Crippen LogP contribution in [0.4, 0.5) is 0 Å². The van der Waals surface area contributed by atoms with Crippen LogP contribution in [0.25, 0.3) is 22.7 Å². The van der Waals surface area contributed by atoms with Crippen LogP contribution in [0, 0.1) is 6.92 Å². The fourth-order valence-electron chi connectivity index (χ4n) is 3.03. The van der Waals surface area contributed by atoms with Crippen LogP contribution in [0.5, 0.6) is 0 Å². The van der Waals surface area contributed by atoms with Crippen LogP contribution in [0.15, 0.2) is 33.3 Å². The molecule has 130 valence electrons. The molecule has 7 nitrogen and oxygen atoms in total. The summed E-state index contributed by atoms with van der Waals surface area (Å²) in [6.45, 7) is 4.50. The van der Waals surface area contributed by atoms with Crippen molar-refractivity contribution in [3.63, 3.8) is 0 Å². The molecule has 0 radical (unpaired) electrons. The summed E-state index contributed by atoms with van der Waals surface area (Å²) in [5.74, 6) is 1.65. The number of aryl methyl sites for hydroxylation is 1. The zero-order valence-electron chi connectivity index (χ0n) is 14.0. The van der Waals surface area contributed by atoms with Crippen molar-refractivity contribution in [1.29, 1.82) is 0 Å². The maximum Gasteiger partial charge on any atom is 0.263 e. The second kappa shape index (κ2) is 6.59. The highest BCUT2D eigenvalue weighted by molar-refractivity contribution is 6.33. The molecule has 2 aromatic heterocycles.